The normalized spacial score (nSPS) is 18.5. The van der Waals surface area contributed by atoms with Crippen molar-refractivity contribution in [3.05, 3.63) is 42.9 Å². The van der Waals surface area contributed by atoms with Gasteiger partial charge in [-0.05, 0) is 18.6 Å². The fraction of sp³-hybridized carbons (Fsp3) is 0.267. The molecule has 5 nitrogen and oxygen atoms in total. The van der Waals surface area contributed by atoms with Crippen molar-refractivity contribution in [1.29, 1.82) is 0 Å². The molecular formula is C15H14BrN5. The van der Waals surface area contributed by atoms with Gasteiger partial charge in [0.1, 0.15) is 12.1 Å². The summed E-state index contributed by atoms with van der Waals surface area (Å²) in [5, 5.41) is 5.50. The average molecular weight is 344 g/mol. The van der Waals surface area contributed by atoms with Crippen molar-refractivity contribution in [3.8, 4) is 5.69 Å². The summed E-state index contributed by atoms with van der Waals surface area (Å²) in [5.41, 5.74) is 1.86. The fourth-order valence-corrected chi connectivity index (χ4v) is 3.31. The maximum Gasteiger partial charge on any atom is 0.168 e. The topological polar surface area (TPSA) is 46.8 Å². The van der Waals surface area contributed by atoms with Gasteiger partial charge in [0.2, 0.25) is 0 Å². The van der Waals surface area contributed by atoms with Crippen LogP contribution in [0.25, 0.3) is 16.7 Å². The molecule has 1 aromatic carbocycles. The number of para-hydroxylation sites is 1. The highest BCUT2D eigenvalue weighted by Crippen LogP contribution is 2.28. The van der Waals surface area contributed by atoms with Crippen LogP contribution >= 0.6 is 15.9 Å². The van der Waals surface area contributed by atoms with E-state index in [2.05, 4.69) is 35.9 Å². The van der Waals surface area contributed by atoms with Gasteiger partial charge in [-0.1, -0.05) is 34.1 Å². The minimum absolute atomic E-state index is 0.534. The van der Waals surface area contributed by atoms with E-state index >= 15 is 0 Å². The molecule has 2 aromatic heterocycles. The van der Waals surface area contributed by atoms with E-state index in [0.717, 1.165) is 42.0 Å². The summed E-state index contributed by atoms with van der Waals surface area (Å²) in [5.74, 6) is 0.976. The summed E-state index contributed by atoms with van der Waals surface area (Å²) < 4.78 is 1.86. The Morgan fingerprint density at radius 2 is 2.00 bits per heavy atom. The number of anilines is 1. The van der Waals surface area contributed by atoms with Crippen LogP contribution in [0.4, 0.5) is 5.82 Å². The molecule has 6 heteroatoms. The van der Waals surface area contributed by atoms with E-state index < -0.39 is 0 Å². The molecule has 21 heavy (non-hydrogen) atoms. The van der Waals surface area contributed by atoms with Crippen LogP contribution in [0.1, 0.15) is 6.42 Å². The second-order valence-corrected chi connectivity index (χ2v) is 6.45. The second kappa shape index (κ2) is 5.11. The molecule has 0 amide bonds. The van der Waals surface area contributed by atoms with E-state index in [4.69, 9.17) is 0 Å². The Morgan fingerprint density at radius 3 is 2.76 bits per heavy atom. The van der Waals surface area contributed by atoms with Crippen LogP contribution in [0, 0.1) is 0 Å². The Morgan fingerprint density at radius 1 is 1.14 bits per heavy atom. The third-order valence-electron chi connectivity index (χ3n) is 3.78. The lowest BCUT2D eigenvalue weighted by atomic mass is 10.3. The molecule has 3 aromatic rings. The lowest BCUT2D eigenvalue weighted by molar-refractivity contribution is 0.892. The van der Waals surface area contributed by atoms with Crippen LogP contribution in [0.15, 0.2) is 42.9 Å². The first kappa shape index (κ1) is 12.8. The molecule has 1 aliphatic rings. The number of benzene rings is 1. The zero-order valence-corrected chi connectivity index (χ0v) is 12.9. The maximum absolute atomic E-state index is 4.49. The molecule has 0 aliphatic carbocycles. The fourth-order valence-electron chi connectivity index (χ4n) is 2.75. The highest BCUT2D eigenvalue weighted by atomic mass is 79.9. The largest absolute Gasteiger partial charge is 0.355 e. The molecule has 1 unspecified atom stereocenters. The summed E-state index contributed by atoms with van der Waals surface area (Å²) in [7, 11) is 0. The van der Waals surface area contributed by atoms with Gasteiger partial charge >= 0.3 is 0 Å². The van der Waals surface area contributed by atoms with Gasteiger partial charge < -0.3 is 4.90 Å². The van der Waals surface area contributed by atoms with E-state index in [0.29, 0.717) is 4.83 Å². The van der Waals surface area contributed by atoms with Gasteiger partial charge in [0.25, 0.3) is 0 Å². The van der Waals surface area contributed by atoms with Crippen molar-refractivity contribution in [2.45, 2.75) is 11.2 Å². The number of halogens is 1. The molecule has 1 aliphatic heterocycles. The van der Waals surface area contributed by atoms with Crippen LogP contribution in [0.2, 0.25) is 0 Å². The number of fused-ring (bicyclic) bond motifs is 1. The minimum atomic E-state index is 0.534. The van der Waals surface area contributed by atoms with E-state index in [1.165, 1.54) is 0 Å². The molecule has 0 bridgehead atoms. The summed E-state index contributed by atoms with van der Waals surface area (Å²) in [6.07, 6.45) is 4.62. The van der Waals surface area contributed by atoms with Crippen LogP contribution in [-0.4, -0.2) is 37.7 Å². The Labute approximate surface area is 130 Å². The molecule has 0 radical (unpaired) electrons. The van der Waals surface area contributed by atoms with Gasteiger partial charge in [-0.15, -0.1) is 0 Å². The molecule has 0 spiro atoms. The average Bonchev–Trinajstić information content (AvgIpc) is 3.14. The Balaban J connectivity index is 1.83. The minimum Gasteiger partial charge on any atom is -0.355 e. The van der Waals surface area contributed by atoms with E-state index in [9.17, 15) is 0 Å². The van der Waals surface area contributed by atoms with Gasteiger partial charge in [0, 0.05) is 17.9 Å². The van der Waals surface area contributed by atoms with Crippen LogP contribution in [-0.2, 0) is 0 Å². The summed E-state index contributed by atoms with van der Waals surface area (Å²) in [6.45, 7) is 1.99. The van der Waals surface area contributed by atoms with Gasteiger partial charge in [0.05, 0.1) is 17.3 Å². The van der Waals surface area contributed by atoms with Gasteiger partial charge in [-0.2, -0.15) is 5.10 Å². The van der Waals surface area contributed by atoms with Gasteiger partial charge in [0.15, 0.2) is 5.65 Å². The van der Waals surface area contributed by atoms with E-state index in [-0.39, 0.29) is 0 Å². The molecule has 0 saturated carbocycles. The number of aromatic nitrogens is 4. The standard InChI is InChI=1S/C15H14BrN5/c16-11-6-7-20(9-11)14-13-8-19-21(15(13)18-10-17-14)12-4-2-1-3-5-12/h1-5,8,10-11H,6-7,9H2. The predicted molar refractivity (Wildman–Crippen MR) is 86.2 cm³/mol. The number of alkyl halides is 1. The summed E-state index contributed by atoms with van der Waals surface area (Å²) in [4.78, 5) is 11.7. The Hall–Kier alpha value is -1.95. The van der Waals surface area contributed by atoms with Crippen molar-refractivity contribution in [2.24, 2.45) is 0 Å². The molecule has 3 heterocycles. The lowest BCUT2D eigenvalue weighted by Gasteiger charge is -2.16. The Bertz CT molecular complexity index is 770. The predicted octanol–water partition coefficient (Wildman–Crippen LogP) is 2.79. The molecule has 0 N–H and O–H groups in total. The first-order chi connectivity index (χ1) is 10.3. The molecule has 1 saturated heterocycles. The highest BCUT2D eigenvalue weighted by molar-refractivity contribution is 9.09. The van der Waals surface area contributed by atoms with E-state index in [1.807, 2.05) is 41.2 Å². The third-order valence-corrected chi connectivity index (χ3v) is 4.52. The quantitative estimate of drug-likeness (QED) is 0.671. The van der Waals surface area contributed by atoms with Crippen molar-refractivity contribution in [1.82, 2.24) is 19.7 Å². The summed E-state index contributed by atoms with van der Waals surface area (Å²) in [6, 6.07) is 10.1. The smallest absolute Gasteiger partial charge is 0.168 e. The van der Waals surface area contributed by atoms with Crippen molar-refractivity contribution in [3.63, 3.8) is 0 Å². The maximum atomic E-state index is 4.49. The first-order valence-electron chi connectivity index (χ1n) is 6.96. The third kappa shape index (κ3) is 2.19. The number of hydrogen-bond acceptors (Lipinski definition) is 4. The lowest BCUT2D eigenvalue weighted by Crippen LogP contribution is -2.21. The first-order valence-corrected chi connectivity index (χ1v) is 7.87. The zero-order valence-electron chi connectivity index (χ0n) is 11.4. The molecule has 4 rings (SSSR count). The van der Waals surface area contributed by atoms with Crippen LogP contribution in [0.3, 0.4) is 0 Å². The Kier molecular flexibility index (Phi) is 3.11. The zero-order chi connectivity index (χ0) is 14.2. The van der Waals surface area contributed by atoms with Crippen molar-refractivity contribution in [2.75, 3.05) is 18.0 Å². The van der Waals surface area contributed by atoms with Gasteiger partial charge in [-0.25, -0.2) is 14.6 Å². The van der Waals surface area contributed by atoms with E-state index in [1.54, 1.807) is 6.33 Å². The number of hydrogen-bond donors (Lipinski definition) is 0. The molecular weight excluding hydrogens is 330 g/mol. The summed E-state index contributed by atoms with van der Waals surface area (Å²) >= 11 is 3.68. The van der Waals surface area contributed by atoms with Crippen molar-refractivity contribution < 1.29 is 0 Å². The molecule has 106 valence electrons. The van der Waals surface area contributed by atoms with Crippen molar-refractivity contribution >= 4 is 32.8 Å². The number of rotatable bonds is 2. The second-order valence-electron chi connectivity index (χ2n) is 5.16. The van der Waals surface area contributed by atoms with Crippen LogP contribution in [0.5, 0.6) is 0 Å². The van der Waals surface area contributed by atoms with Gasteiger partial charge in [-0.3, -0.25) is 0 Å². The monoisotopic (exact) mass is 343 g/mol. The molecule has 1 fully saturated rings. The van der Waals surface area contributed by atoms with Crippen LogP contribution < -0.4 is 4.90 Å². The highest BCUT2D eigenvalue weighted by Gasteiger charge is 2.24. The number of nitrogens with zero attached hydrogens (tertiary/aromatic N) is 5. The molecule has 1 atom stereocenters. The SMILES string of the molecule is BrC1CCN(c2ncnc3c2cnn3-c2ccccc2)C1.